The highest BCUT2D eigenvalue weighted by Crippen LogP contribution is 2.21. The Kier molecular flexibility index (Phi) is 4.66. The van der Waals surface area contributed by atoms with Crippen LogP contribution >= 0.6 is 15.9 Å². The van der Waals surface area contributed by atoms with Crippen molar-refractivity contribution in [1.82, 2.24) is 15.1 Å². The third-order valence-corrected chi connectivity index (χ3v) is 3.01. The fourth-order valence-corrected chi connectivity index (χ4v) is 2.07. The number of halogens is 3. The van der Waals surface area contributed by atoms with Crippen LogP contribution in [0.15, 0.2) is 4.47 Å². The summed E-state index contributed by atoms with van der Waals surface area (Å²) in [5.74, 6) is 0. The number of aryl methyl sites for hydroxylation is 2. The molecule has 0 aliphatic rings. The molecular formula is C9H14BrF2N3. The molecule has 0 unspecified atom stereocenters. The fraction of sp³-hybridized carbons (Fsp3) is 0.667. The Balaban J connectivity index is 2.64. The van der Waals surface area contributed by atoms with Gasteiger partial charge in [0.05, 0.1) is 22.4 Å². The van der Waals surface area contributed by atoms with Crippen LogP contribution in [-0.2, 0) is 20.0 Å². The molecule has 0 saturated carbocycles. The monoisotopic (exact) mass is 281 g/mol. The number of nitrogens with zero attached hydrogens (tertiary/aromatic N) is 2. The van der Waals surface area contributed by atoms with Crippen molar-refractivity contribution in [3.63, 3.8) is 0 Å². The Bertz CT molecular complexity index is 325. The predicted molar refractivity (Wildman–Crippen MR) is 58.0 cm³/mol. The number of nitrogens with one attached hydrogen (secondary N) is 1. The minimum atomic E-state index is -2.32. The highest BCUT2D eigenvalue weighted by atomic mass is 79.9. The second-order valence-corrected chi connectivity index (χ2v) is 4.00. The predicted octanol–water partition coefficient (Wildman–Crippen LogP) is 2.10. The zero-order chi connectivity index (χ0) is 11.4. The zero-order valence-electron chi connectivity index (χ0n) is 8.73. The van der Waals surface area contributed by atoms with Crippen molar-refractivity contribution >= 4 is 15.9 Å². The molecule has 1 aromatic rings. The zero-order valence-corrected chi connectivity index (χ0v) is 10.3. The Morgan fingerprint density at radius 3 is 2.67 bits per heavy atom. The molecule has 0 aliphatic heterocycles. The van der Waals surface area contributed by atoms with Gasteiger partial charge in [-0.05, 0) is 22.4 Å². The summed E-state index contributed by atoms with van der Waals surface area (Å²) in [6.45, 7) is 2.11. The molecule has 0 saturated heterocycles. The van der Waals surface area contributed by atoms with Crippen molar-refractivity contribution in [2.75, 3.05) is 6.54 Å². The number of rotatable bonds is 5. The quantitative estimate of drug-likeness (QED) is 0.896. The maximum Gasteiger partial charge on any atom is 0.250 e. The lowest BCUT2D eigenvalue weighted by Crippen LogP contribution is -2.22. The van der Waals surface area contributed by atoms with Crippen molar-refractivity contribution < 1.29 is 8.78 Å². The molecule has 3 nitrogen and oxygen atoms in total. The van der Waals surface area contributed by atoms with Crippen molar-refractivity contribution in [3.05, 3.63) is 15.9 Å². The molecule has 0 spiro atoms. The van der Waals surface area contributed by atoms with E-state index >= 15 is 0 Å². The van der Waals surface area contributed by atoms with Gasteiger partial charge < -0.3 is 5.32 Å². The van der Waals surface area contributed by atoms with Gasteiger partial charge in [0.2, 0.25) is 0 Å². The molecule has 6 heteroatoms. The molecule has 0 aliphatic carbocycles. The Morgan fingerprint density at radius 1 is 1.53 bits per heavy atom. The van der Waals surface area contributed by atoms with E-state index in [1.807, 2.05) is 14.0 Å². The smallest absolute Gasteiger partial charge is 0.250 e. The van der Waals surface area contributed by atoms with Crippen LogP contribution in [-0.4, -0.2) is 22.8 Å². The molecule has 0 fully saturated rings. The maximum atomic E-state index is 11.9. The summed E-state index contributed by atoms with van der Waals surface area (Å²) >= 11 is 3.42. The van der Waals surface area contributed by atoms with E-state index in [0.29, 0.717) is 6.54 Å². The Labute approximate surface area is 96.0 Å². The van der Waals surface area contributed by atoms with Gasteiger partial charge in [-0.3, -0.25) is 4.68 Å². The summed E-state index contributed by atoms with van der Waals surface area (Å²) in [6, 6.07) is 0. The van der Waals surface area contributed by atoms with Crippen LogP contribution in [0.25, 0.3) is 0 Å². The SMILES string of the molecule is CCc1nn(C)c(CNCC(F)F)c1Br. The molecule has 86 valence electrons. The average Bonchev–Trinajstić information content (AvgIpc) is 2.44. The van der Waals surface area contributed by atoms with Gasteiger partial charge in [0.15, 0.2) is 0 Å². The molecule has 0 aromatic carbocycles. The lowest BCUT2D eigenvalue weighted by Gasteiger charge is -2.04. The number of aromatic nitrogens is 2. The summed E-state index contributed by atoms with van der Waals surface area (Å²) < 4.78 is 26.4. The fourth-order valence-electron chi connectivity index (χ4n) is 1.31. The van der Waals surface area contributed by atoms with Crippen molar-refractivity contribution in [2.45, 2.75) is 26.3 Å². The van der Waals surface area contributed by atoms with Gasteiger partial charge in [0.25, 0.3) is 6.43 Å². The van der Waals surface area contributed by atoms with Gasteiger partial charge in [0, 0.05) is 13.6 Å². The Hall–Kier alpha value is -0.490. The maximum absolute atomic E-state index is 11.9. The third-order valence-electron chi connectivity index (χ3n) is 2.09. The van der Waals surface area contributed by atoms with E-state index in [4.69, 9.17) is 0 Å². The molecule has 15 heavy (non-hydrogen) atoms. The molecule has 1 rings (SSSR count). The van der Waals surface area contributed by atoms with Gasteiger partial charge in [-0.1, -0.05) is 6.92 Å². The van der Waals surface area contributed by atoms with Crippen molar-refractivity contribution in [3.8, 4) is 0 Å². The van der Waals surface area contributed by atoms with E-state index in [9.17, 15) is 8.78 Å². The second-order valence-electron chi connectivity index (χ2n) is 3.21. The lowest BCUT2D eigenvalue weighted by molar-refractivity contribution is 0.145. The van der Waals surface area contributed by atoms with E-state index in [-0.39, 0.29) is 6.54 Å². The average molecular weight is 282 g/mol. The molecule has 0 atom stereocenters. The third kappa shape index (κ3) is 3.24. The van der Waals surface area contributed by atoms with Gasteiger partial charge in [-0.2, -0.15) is 5.10 Å². The minimum absolute atomic E-state index is 0.293. The van der Waals surface area contributed by atoms with Crippen LogP contribution in [0.2, 0.25) is 0 Å². The van der Waals surface area contributed by atoms with Crippen molar-refractivity contribution in [1.29, 1.82) is 0 Å². The molecule has 0 bridgehead atoms. The summed E-state index contributed by atoms with van der Waals surface area (Å²) in [4.78, 5) is 0. The van der Waals surface area contributed by atoms with Gasteiger partial charge >= 0.3 is 0 Å². The summed E-state index contributed by atoms with van der Waals surface area (Å²) in [6.07, 6.45) is -1.49. The Morgan fingerprint density at radius 2 is 2.20 bits per heavy atom. The van der Waals surface area contributed by atoms with Gasteiger partial charge in [0.1, 0.15) is 0 Å². The molecule has 0 amide bonds. The van der Waals surface area contributed by atoms with Gasteiger partial charge in [-0.15, -0.1) is 0 Å². The molecule has 1 aromatic heterocycles. The van der Waals surface area contributed by atoms with Crippen LogP contribution in [0.5, 0.6) is 0 Å². The number of hydrogen-bond acceptors (Lipinski definition) is 2. The highest BCUT2D eigenvalue weighted by Gasteiger charge is 2.12. The second kappa shape index (κ2) is 5.55. The number of hydrogen-bond donors (Lipinski definition) is 1. The van der Waals surface area contributed by atoms with Crippen molar-refractivity contribution in [2.24, 2.45) is 7.05 Å². The number of alkyl halides is 2. The summed E-state index contributed by atoms with van der Waals surface area (Å²) in [5.41, 5.74) is 1.85. The minimum Gasteiger partial charge on any atom is -0.306 e. The van der Waals surface area contributed by atoms with Crippen LogP contribution in [0.1, 0.15) is 18.3 Å². The van der Waals surface area contributed by atoms with Gasteiger partial charge in [-0.25, -0.2) is 8.78 Å². The van der Waals surface area contributed by atoms with Crippen LogP contribution in [0, 0.1) is 0 Å². The van der Waals surface area contributed by atoms with E-state index in [0.717, 1.165) is 22.3 Å². The van der Waals surface area contributed by atoms with E-state index in [1.54, 1.807) is 4.68 Å². The van der Waals surface area contributed by atoms with E-state index in [2.05, 4.69) is 26.3 Å². The molecule has 1 N–H and O–H groups in total. The summed E-state index contributed by atoms with van der Waals surface area (Å²) in [5, 5.41) is 6.95. The summed E-state index contributed by atoms with van der Waals surface area (Å²) in [7, 11) is 1.81. The van der Waals surface area contributed by atoms with Crippen LogP contribution < -0.4 is 5.32 Å². The first kappa shape index (κ1) is 12.6. The topological polar surface area (TPSA) is 29.9 Å². The first-order chi connectivity index (χ1) is 7.06. The van der Waals surface area contributed by atoms with E-state index < -0.39 is 6.43 Å². The van der Waals surface area contributed by atoms with Crippen LogP contribution in [0.3, 0.4) is 0 Å². The molecular weight excluding hydrogens is 268 g/mol. The standard InChI is InChI=1S/C9H14BrF2N3/c1-3-6-9(10)7(15(2)14-6)4-13-5-8(11)12/h8,13H,3-5H2,1-2H3. The lowest BCUT2D eigenvalue weighted by atomic mass is 10.3. The van der Waals surface area contributed by atoms with Crippen LogP contribution in [0.4, 0.5) is 8.78 Å². The largest absolute Gasteiger partial charge is 0.306 e. The highest BCUT2D eigenvalue weighted by molar-refractivity contribution is 9.10. The molecule has 0 radical (unpaired) electrons. The first-order valence-electron chi connectivity index (χ1n) is 4.75. The van der Waals surface area contributed by atoms with E-state index in [1.165, 1.54) is 0 Å². The first-order valence-corrected chi connectivity index (χ1v) is 5.54. The molecule has 1 heterocycles. The normalized spacial score (nSPS) is 11.3.